The number of nitrogens with zero attached hydrogens (tertiary/aromatic N) is 3. The van der Waals surface area contributed by atoms with Crippen LogP contribution in [-0.2, 0) is 13.1 Å². The van der Waals surface area contributed by atoms with E-state index in [0.29, 0.717) is 12.6 Å². The molecular weight excluding hydrogens is 366 g/mol. The van der Waals surface area contributed by atoms with Gasteiger partial charge in [-0.15, -0.1) is 0 Å². The number of nitrogens with one attached hydrogen (secondary N) is 2. The first-order chi connectivity index (χ1) is 14.3. The van der Waals surface area contributed by atoms with Crippen LogP contribution in [0.5, 0.6) is 11.5 Å². The van der Waals surface area contributed by atoms with Gasteiger partial charge in [-0.3, -0.25) is 4.68 Å². The van der Waals surface area contributed by atoms with E-state index >= 15 is 0 Å². The van der Waals surface area contributed by atoms with Crippen molar-refractivity contribution in [1.82, 2.24) is 20.4 Å². The molecule has 158 valence electrons. The van der Waals surface area contributed by atoms with Gasteiger partial charge in [0, 0.05) is 32.0 Å². The lowest BCUT2D eigenvalue weighted by molar-refractivity contribution is 0.200. The van der Waals surface area contributed by atoms with E-state index < -0.39 is 0 Å². The lowest BCUT2D eigenvalue weighted by Crippen LogP contribution is -2.38. The highest BCUT2D eigenvalue weighted by Gasteiger charge is 2.18. The Kier molecular flexibility index (Phi) is 8.22. The molecule has 1 saturated carbocycles. The second-order valence-electron chi connectivity index (χ2n) is 7.25. The molecule has 0 radical (unpaired) electrons. The first-order valence-electron chi connectivity index (χ1n) is 10.6. The summed E-state index contributed by atoms with van der Waals surface area (Å²) in [5.74, 6) is 2.43. The van der Waals surface area contributed by atoms with E-state index in [4.69, 9.17) is 14.5 Å². The molecule has 0 unspecified atom stereocenters. The summed E-state index contributed by atoms with van der Waals surface area (Å²) in [4.78, 5) is 4.72. The van der Waals surface area contributed by atoms with Crippen LogP contribution in [0.2, 0.25) is 0 Å². The molecule has 1 aromatic carbocycles. The van der Waals surface area contributed by atoms with Gasteiger partial charge in [0.25, 0.3) is 0 Å². The van der Waals surface area contributed by atoms with Crippen LogP contribution >= 0.6 is 0 Å². The quantitative estimate of drug-likeness (QED) is 0.364. The van der Waals surface area contributed by atoms with E-state index in [2.05, 4.69) is 28.7 Å². The Morgan fingerprint density at radius 2 is 2.10 bits per heavy atom. The lowest BCUT2D eigenvalue weighted by atomic mass is 10.2. The van der Waals surface area contributed by atoms with E-state index in [0.717, 1.165) is 61.9 Å². The highest BCUT2D eigenvalue weighted by molar-refractivity contribution is 5.79. The number of benzene rings is 1. The van der Waals surface area contributed by atoms with Gasteiger partial charge < -0.3 is 20.1 Å². The monoisotopic (exact) mass is 399 g/mol. The summed E-state index contributed by atoms with van der Waals surface area (Å²) in [6.07, 6.45) is 9.80. The van der Waals surface area contributed by atoms with Gasteiger partial charge in [0.1, 0.15) is 0 Å². The minimum absolute atomic E-state index is 0.302. The number of guanidine groups is 1. The number of aromatic nitrogens is 2. The van der Waals surface area contributed by atoms with Crippen molar-refractivity contribution in [3.05, 3.63) is 42.2 Å². The second kappa shape index (κ2) is 11.3. The summed E-state index contributed by atoms with van der Waals surface area (Å²) in [5.41, 5.74) is 1.10. The summed E-state index contributed by atoms with van der Waals surface area (Å²) < 4.78 is 13.6. The van der Waals surface area contributed by atoms with Crippen molar-refractivity contribution >= 4 is 5.96 Å². The number of rotatable bonds is 10. The van der Waals surface area contributed by atoms with Gasteiger partial charge in [-0.05, 0) is 62.8 Å². The zero-order valence-electron chi connectivity index (χ0n) is 17.6. The van der Waals surface area contributed by atoms with Crippen molar-refractivity contribution in [1.29, 1.82) is 0 Å². The molecule has 7 nitrogen and oxygen atoms in total. The molecule has 1 aliphatic carbocycles. The zero-order chi connectivity index (χ0) is 20.3. The van der Waals surface area contributed by atoms with E-state index in [1.54, 1.807) is 13.3 Å². The Morgan fingerprint density at radius 1 is 1.24 bits per heavy atom. The average Bonchev–Trinajstić information content (AvgIpc) is 3.43. The van der Waals surface area contributed by atoms with E-state index in [1.165, 1.54) is 12.8 Å². The van der Waals surface area contributed by atoms with Gasteiger partial charge in [0.2, 0.25) is 0 Å². The van der Waals surface area contributed by atoms with Gasteiger partial charge in [0.15, 0.2) is 17.5 Å². The van der Waals surface area contributed by atoms with E-state index in [-0.39, 0.29) is 0 Å². The number of methoxy groups -OCH3 is 1. The summed E-state index contributed by atoms with van der Waals surface area (Å²) in [7, 11) is 1.69. The Balaban J connectivity index is 1.55. The van der Waals surface area contributed by atoms with Crippen LogP contribution in [0, 0.1) is 0 Å². The van der Waals surface area contributed by atoms with Crippen LogP contribution in [0.1, 0.15) is 44.6 Å². The average molecular weight is 400 g/mol. The molecule has 0 amide bonds. The Bertz CT molecular complexity index is 755. The predicted octanol–water partition coefficient (Wildman–Crippen LogP) is 3.36. The minimum atomic E-state index is 0.302. The number of aryl methyl sites for hydroxylation is 1. The summed E-state index contributed by atoms with van der Waals surface area (Å²) in [5, 5.41) is 10.9. The molecule has 0 bridgehead atoms. The van der Waals surface area contributed by atoms with Gasteiger partial charge in [0.05, 0.1) is 19.8 Å². The highest BCUT2D eigenvalue weighted by Crippen LogP contribution is 2.32. The molecule has 1 aromatic heterocycles. The molecule has 3 rings (SSSR count). The Morgan fingerprint density at radius 3 is 2.83 bits per heavy atom. The number of aliphatic imine (C=N–C) groups is 1. The normalized spacial score (nSPS) is 14.8. The van der Waals surface area contributed by atoms with Crippen LogP contribution in [0.4, 0.5) is 0 Å². The largest absolute Gasteiger partial charge is 0.493 e. The molecule has 1 heterocycles. The maximum Gasteiger partial charge on any atom is 0.191 e. The third-order valence-electron chi connectivity index (χ3n) is 5.00. The number of ether oxygens (including phenoxy) is 2. The molecule has 7 heteroatoms. The molecule has 0 saturated heterocycles. The Hall–Kier alpha value is -2.70. The van der Waals surface area contributed by atoms with Gasteiger partial charge >= 0.3 is 0 Å². The van der Waals surface area contributed by atoms with Crippen LogP contribution < -0.4 is 20.1 Å². The zero-order valence-corrected chi connectivity index (χ0v) is 17.6. The van der Waals surface area contributed by atoms with Gasteiger partial charge in [-0.25, -0.2) is 4.99 Å². The smallest absolute Gasteiger partial charge is 0.191 e. The molecule has 1 fully saturated rings. The van der Waals surface area contributed by atoms with E-state index in [1.807, 2.05) is 29.1 Å². The molecule has 0 atom stereocenters. The second-order valence-corrected chi connectivity index (χ2v) is 7.25. The topological polar surface area (TPSA) is 72.7 Å². The molecule has 2 aromatic rings. The van der Waals surface area contributed by atoms with Crippen molar-refractivity contribution in [3.63, 3.8) is 0 Å². The summed E-state index contributed by atoms with van der Waals surface area (Å²) >= 11 is 0. The third kappa shape index (κ3) is 6.69. The number of hydrogen-bond donors (Lipinski definition) is 2. The van der Waals surface area contributed by atoms with Crippen molar-refractivity contribution < 1.29 is 9.47 Å². The van der Waals surface area contributed by atoms with Gasteiger partial charge in [-0.2, -0.15) is 5.10 Å². The molecular formula is C22H33N5O2. The van der Waals surface area contributed by atoms with Crippen molar-refractivity contribution in [2.45, 2.75) is 58.2 Å². The third-order valence-corrected chi connectivity index (χ3v) is 5.00. The molecule has 0 aliphatic heterocycles. The standard InChI is InChI=1S/C22H33N5O2/c1-3-23-22(24-12-6-14-27-15-7-13-26-27)25-17-18-10-11-20(28-2)21(16-18)29-19-8-4-5-9-19/h7,10-11,13,15-16,19H,3-6,8-9,12,14,17H2,1-2H3,(H2,23,24,25). The van der Waals surface area contributed by atoms with Crippen molar-refractivity contribution in [2.24, 2.45) is 4.99 Å². The Labute approximate surface area is 173 Å². The maximum atomic E-state index is 6.19. The SMILES string of the molecule is CCNC(=NCc1ccc(OC)c(OC2CCCC2)c1)NCCCn1cccn1. The van der Waals surface area contributed by atoms with Crippen molar-refractivity contribution in [2.75, 3.05) is 20.2 Å². The van der Waals surface area contributed by atoms with Crippen LogP contribution in [0.15, 0.2) is 41.7 Å². The molecule has 1 aliphatic rings. The maximum absolute atomic E-state index is 6.19. The fourth-order valence-electron chi connectivity index (χ4n) is 3.49. The highest BCUT2D eigenvalue weighted by atomic mass is 16.5. The molecule has 2 N–H and O–H groups in total. The molecule has 29 heavy (non-hydrogen) atoms. The van der Waals surface area contributed by atoms with Crippen LogP contribution in [0.3, 0.4) is 0 Å². The number of hydrogen-bond acceptors (Lipinski definition) is 4. The van der Waals surface area contributed by atoms with Crippen LogP contribution in [-0.4, -0.2) is 42.0 Å². The fourth-order valence-corrected chi connectivity index (χ4v) is 3.49. The lowest BCUT2D eigenvalue weighted by Gasteiger charge is -2.17. The predicted molar refractivity (Wildman–Crippen MR) is 116 cm³/mol. The molecule has 0 spiro atoms. The first kappa shape index (κ1) is 21.0. The van der Waals surface area contributed by atoms with Crippen LogP contribution in [0.25, 0.3) is 0 Å². The summed E-state index contributed by atoms with van der Waals surface area (Å²) in [6.45, 7) is 5.20. The first-order valence-corrected chi connectivity index (χ1v) is 10.6. The summed E-state index contributed by atoms with van der Waals surface area (Å²) in [6, 6.07) is 8.02. The van der Waals surface area contributed by atoms with Crippen molar-refractivity contribution in [3.8, 4) is 11.5 Å². The van der Waals surface area contributed by atoms with Gasteiger partial charge in [-0.1, -0.05) is 6.07 Å². The fraction of sp³-hybridized carbons (Fsp3) is 0.545. The van der Waals surface area contributed by atoms with E-state index in [9.17, 15) is 0 Å². The minimum Gasteiger partial charge on any atom is -0.493 e.